The summed E-state index contributed by atoms with van der Waals surface area (Å²) < 4.78 is 76.2. The van der Waals surface area contributed by atoms with Gasteiger partial charge in [-0.3, -0.25) is 4.79 Å². The van der Waals surface area contributed by atoms with Gasteiger partial charge < -0.3 is 9.30 Å². The third kappa shape index (κ3) is 3.26. The van der Waals surface area contributed by atoms with Crippen LogP contribution in [0.5, 0.6) is 0 Å². The molecule has 5 nitrogen and oxygen atoms in total. The number of nitrogens with zero attached hydrogens (tertiary/aromatic N) is 2. The largest absolute Gasteiger partial charge is 0.461 e. The molecule has 0 N–H and O–H groups in total. The monoisotopic (exact) mass is 412 g/mol. The van der Waals surface area contributed by atoms with Gasteiger partial charge in [0.2, 0.25) is 5.78 Å². The van der Waals surface area contributed by atoms with Crippen molar-refractivity contribution in [1.29, 1.82) is 5.26 Å². The molecule has 3 rings (SSSR count). The molecule has 0 radical (unpaired) electrons. The van der Waals surface area contributed by atoms with Gasteiger partial charge in [0.25, 0.3) is 0 Å². The quantitative estimate of drug-likeness (QED) is 0.564. The molecule has 2 aromatic rings. The van der Waals surface area contributed by atoms with Crippen LogP contribution in [0.25, 0.3) is 5.69 Å². The standard InChI is InChI=1S/C19H13F5N2O3/c1-2-29-17(28)19(23,24)12-9-26(11-3-4-13(20)10(7-11)8-25)14-5-6-18(21,22)16(27)15(12)14/h3-4,7,9H,2,5-6H2,1H3. The van der Waals surface area contributed by atoms with Crippen LogP contribution < -0.4 is 0 Å². The number of halogens is 5. The summed E-state index contributed by atoms with van der Waals surface area (Å²) in [5.41, 5.74) is -2.78. The van der Waals surface area contributed by atoms with Gasteiger partial charge in [-0.1, -0.05) is 0 Å². The number of carbonyl (C=O) groups excluding carboxylic acids is 2. The van der Waals surface area contributed by atoms with Crippen LogP contribution in [0.3, 0.4) is 0 Å². The maximum atomic E-state index is 14.7. The number of carbonyl (C=O) groups is 2. The first-order valence-electron chi connectivity index (χ1n) is 8.47. The van der Waals surface area contributed by atoms with E-state index < -0.39 is 58.9 Å². The molecule has 0 amide bonds. The SMILES string of the molecule is CCOC(=O)C(F)(F)c1cn(-c2ccc(F)c(C#N)c2)c2c1C(=O)C(F)(F)CC2. The molecule has 0 fully saturated rings. The third-order valence-electron chi connectivity index (χ3n) is 4.56. The average Bonchev–Trinajstić information content (AvgIpc) is 3.06. The van der Waals surface area contributed by atoms with E-state index in [1.54, 1.807) is 6.07 Å². The van der Waals surface area contributed by atoms with Gasteiger partial charge in [0, 0.05) is 24.0 Å². The van der Waals surface area contributed by atoms with Crippen LogP contribution in [0.1, 0.15) is 40.5 Å². The predicted molar refractivity (Wildman–Crippen MR) is 88.6 cm³/mol. The molecule has 1 aliphatic carbocycles. The summed E-state index contributed by atoms with van der Waals surface area (Å²) in [7, 11) is 0. The number of esters is 1. The maximum absolute atomic E-state index is 14.7. The van der Waals surface area contributed by atoms with Crippen molar-refractivity contribution in [3.63, 3.8) is 0 Å². The van der Waals surface area contributed by atoms with Gasteiger partial charge in [-0.2, -0.15) is 22.8 Å². The number of hydrogen-bond donors (Lipinski definition) is 0. The van der Waals surface area contributed by atoms with Crippen LogP contribution in [-0.2, 0) is 21.9 Å². The number of ether oxygens (including phenoxy) is 1. The Labute approximate surface area is 161 Å². The van der Waals surface area contributed by atoms with Crippen molar-refractivity contribution in [3.8, 4) is 11.8 Å². The Morgan fingerprint density at radius 1 is 1.38 bits per heavy atom. The fraction of sp³-hybridized carbons (Fsp3) is 0.316. The number of fused-ring (bicyclic) bond motifs is 1. The van der Waals surface area contributed by atoms with E-state index in [0.717, 1.165) is 22.8 Å². The highest BCUT2D eigenvalue weighted by Gasteiger charge is 2.53. The molecular weight excluding hydrogens is 399 g/mol. The van der Waals surface area contributed by atoms with Gasteiger partial charge in [0.1, 0.15) is 11.9 Å². The fourth-order valence-corrected chi connectivity index (χ4v) is 3.17. The van der Waals surface area contributed by atoms with Crippen LogP contribution in [0.2, 0.25) is 0 Å². The highest BCUT2D eigenvalue weighted by Crippen LogP contribution is 2.42. The Hall–Kier alpha value is -3.22. The zero-order chi connectivity index (χ0) is 21.6. The van der Waals surface area contributed by atoms with E-state index >= 15 is 0 Å². The average molecular weight is 412 g/mol. The van der Waals surface area contributed by atoms with E-state index in [0.29, 0.717) is 6.20 Å². The van der Waals surface area contributed by atoms with E-state index in [1.165, 1.54) is 6.92 Å². The van der Waals surface area contributed by atoms with Gasteiger partial charge in [-0.05, 0) is 31.5 Å². The van der Waals surface area contributed by atoms with Crippen molar-refractivity contribution in [2.75, 3.05) is 6.61 Å². The second-order valence-electron chi connectivity index (χ2n) is 6.34. The normalized spacial score (nSPS) is 15.6. The molecule has 1 aliphatic rings. The number of rotatable bonds is 4. The minimum absolute atomic E-state index is 0.00289. The minimum atomic E-state index is -4.37. The number of alkyl halides is 4. The summed E-state index contributed by atoms with van der Waals surface area (Å²) in [5, 5.41) is 8.97. The molecule has 0 saturated carbocycles. The van der Waals surface area contributed by atoms with Gasteiger partial charge >= 0.3 is 17.8 Å². The van der Waals surface area contributed by atoms with Crippen molar-refractivity contribution in [2.45, 2.75) is 31.6 Å². The number of ketones is 1. The minimum Gasteiger partial charge on any atom is -0.461 e. The second kappa shape index (κ2) is 6.99. The molecule has 0 bridgehead atoms. The highest BCUT2D eigenvalue weighted by molar-refractivity contribution is 6.06. The molecule has 0 saturated heterocycles. The Balaban J connectivity index is 2.28. The van der Waals surface area contributed by atoms with Crippen molar-refractivity contribution >= 4 is 11.8 Å². The summed E-state index contributed by atoms with van der Waals surface area (Å²) in [6, 6.07) is 4.65. The summed E-state index contributed by atoms with van der Waals surface area (Å²) in [6.07, 6.45) is -0.693. The number of hydrogen-bond acceptors (Lipinski definition) is 4. The molecule has 0 unspecified atom stereocenters. The van der Waals surface area contributed by atoms with Crippen LogP contribution in [0.15, 0.2) is 24.4 Å². The van der Waals surface area contributed by atoms with Gasteiger partial charge in [0.05, 0.1) is 23.3 Å². The molecule has 152 valence electrons. The lowest BCUT2D eigenvalue weighted by atomic mass is 9.89. The lowest BCUT2D eigenvalue weighted by Crippen LogP contribution is -2.37. The molecule has 1 aromatic carbocycles. The summed E-state index contributed by atoms with van der Waals surface area (Å²) in [4.78, 5) is 24.0. The number of Topliss-reactive ketones (excluding diaryl/α,β-unsaturated/α-hetero) is 1. The first-order valence-corrected chi connectivity index (χ1v) is 8.47. The van der Waals surface area contributed by atoms with Crippen molar-refractivity contribution in [1.82, 2.24) is 4.57 Å². The molecule has 0 aliphatic heterocycles. The molecule has 1 aromatic heterocycles. The third-order valence-corrected chi connectivity index (χ3v) is 4.56. The van der Waals surface area contributed by atoms with E-state index in [-0.39, 0.29) is 18.0 Å². The highest BCUT2D eigenvalue weighted by atomic mass is 19.3. The lowest BCUT2D eigenvalue weighted by molar-refractivity contribution is -0.173. The van der Waals surface area contributed by atoms with Crippen LogP contribution in [-0.4, -0.2) is 28.8 Å². The Kier molecular flexibility index (Phi) is 4.94. The van der Waals surface area contributed by atoms with Crippen LogP contribution >= 0.6 is 0 Å². The topological polar surface area (TPSA) is 72.1 Å². The van der Waals surface area contributed by atoms with Crippen LogP contribution in [0, 0.1) is 17.1 Å². The smallest absolute Gasteiger partial charge is 0.382 e. The molecule has 0 spiro atoms. The van der Waals surface area contributed by atoms with Crippen molar-refractivity contribution in [2.24, 2.45) is 0 Å². The van der Waals surface area contributed by atoms with Gasteiger partial charge in [-0.15, -0.1) is 0 Å². The lowest BCUT2D eigenvalue weighted by Gasteiger charge is -2.24. The summed E-state index contributed by atoms with van der Waals surface area (Å²) in [6.45, 7) is 0.904. The number of benzene rings is 1. The molecular formula is C19H13F5N2O3. The van der Waals surface area contributed by atoms with E-state index in [4.69, 9.17) is 5.26 Å². The van der Waals surface area contributed by atoms with E-state index in [9.17, 15) is 31.5 Å². The van der Waals surface area contributed by atoms with E-state index in [1.807, 2.05) is 0 Å². The first-order chi connectivity index (χ1) is 13.5. The van der Waals surface area contributed by atoms with Crippen molar-refractivity contribution < 1.29 is 36.3 Å². The zero-order valence-corrected chi connectivity index (χ0v) is 14.9. The van der Waals surface area contributed by atoms with Gasteiger partial charge in [0.15, 0.2) is 0 Å². The Morgan fingerprint density at radius 3 is 2.69 bits per heavy atom. The zero-order valence-electron chi connectivity index (χ0n) is 14.9. The first kappa shape index (κ1) is 20.5. The Morgan fingerprint density at radius 2 is 2.07 bits per heavy atom. The fourth-order valence-electron chi connectivity index (χ4n) is 3.17. The molecule has 10 heteroatoms. The predicted octanol–water partition coefficient (Wildman–Crippen LogP) is 3.91. The molecule has 1 heterocycles. The summed E-state index contributed by atoms with van der Waals surface area (Å²) >= 11 is 0. The second-order valence-corrected chi connectivity index (χ2v) is 6.34. The molecule has 29 heavy (non-hydrogen) atoms. The Bertz CT molecular complexity index is 1050. The number of aromatic nitrogens is 1. The summed E-state index contributed by atoms with van der Waals surface area (Å²) in [5.74, 6) is -12.9. The number of nitriles is 1. The maximum Gasteiger partial charge on any atom is 0.382 e. The van der Waals surface area contributed by atoms with Gasteiger partial charge in [-0.25, -0.2) is 9.18 Å². The van der Waals surface area contributed by atoms with E-state index in [2.05, 4.69) is 4.74 Å². The van der Waals surface area contributed by atoms with Crippen molar-refractivity contribution in [3.05, 3.63) is 52.6 Å². The van der Waals surface area contributed by atoms with Crippen LogP contribution in [0.4, 0.5) is 22.0 Å². The molecule has 0 atom stereocenters.